The van der Waals surface area contributed by atoms with E-state index < -0.39 is 5.91 Å². The Bertz CT molecular complexity index is 1010. The highest BCUT2D eigenvalue weighted by molar-refractivity contribution is 14.1. The Morgan fingerprint density at radius 2 is 1.67 bits per heavy atom. The molecule has 0 heterocycles. The summed E-state index contributed by atoms with van der Waals surface area (Å²) in [5, 5.41) is 12.1. The van der Waals surface area contributed by atoms with Gasteiger partial charge in [0.1, 0.15) is 23.1 Å². The number of nitriles is 1. The maximum Gasteiger partial charge on any atom is 0.266 e. The maximum absolute atomic E-state index is 12.4. The van der Waals surface area contributed by atoms with Crippen molar-refractivity contribution in [3.05, 3.63) is 93.6 Å². The number of hydrogen-bond donors (Lipinski definition) is 1. The van der Waals surface area contributed by atoms with Gasteiger partial charge >= 0.3 is 0 Å². The molecule has 0 saturated heterocycles. The predicted octanol–water partition coefficient (Wildman–Crippen LogP) is 5.63. The molecule has 0 radical (unpaired) electrons. The number of para-hydroxylation sites is 1. The van der Waals surface area contributed by atoms with Crippen LogP contribution in [0.2, 0.25) is 0 Å². The van der Waals surface area contributed by atoms with Crippen molar-refractivity contribution >= 4 is 40.3 Å². The lowest BCUT2D eigenvalue weighted by Crippen LogP contribution is -2.13. The van der Waals surface area contributed by atoms with E-state index in [1.807, 2.05) is 66.7 Å². The predicted molar refractivity (Wildman–Crippen MR) is 114 cm³/mol. The molecule has 0 saturated carbocycles. The summed E-state index contributed by atoms with van der Waals surface area (Å²) < 4.78 is 6.85. The Morgan fingerprint density at radius 3 is 2.37 bits per heavy atom. The summed E-state index contributed by atoms with van der Waals surface area (Å²) in [6.07, 6.45) is 1.54. The van der Waals surface area contributed by atoms with Crippen LogP contribution in [0.4, 0.5) is 5.69 Å². The van der Waals surface area contributed by atoms with Gasteiger partial charge in [-0.1, -0.05) is 30.3 Å². The van der Waals surface area contributed by atoms with E-state index in [9.17, 15) is 10.1 Å². The van der Waals surface area contributed by atoms with E-state index in [-0.39, 0.29) is 5.57 Å². The maximum atomic E-state index is 12.4. The van der Waals surface area contributed by atoms with Gasteiger partial charge in [0, 0.05) is 9.26 Å². The molecule has 0 aliphatic carbocycles. The molecule has 1 N–H and O–H groups in total. The zero-order valence-electron chi connectivity index (χ0n) is 14.2. The first kappa shape index (κ1) is 18.7. The van der Waals surface area contributed by atoms with E-state index >= 15 is 0 Å². The fraction of sp³-hybridized carbons (Fsp3) is 0. The van der Waals surface area contributed by atoms with Crippen molar-refractivity contribution in [2.45, 2.75) is 0 Å². The standard InChI is InChI=1S/C22H15IN2O2/c23-18-9-11-19(12-10-18)25-22(26)17(15-24)13-16-5-4-8-21(14-16)27-20-6-2-1-3-7-20/h1-14H,(H,25,26)/b17-13-. The summed E-state index contributed by atoms with van der Waals surface area (Å²) in [5.74, 6) is 0.897. The van der Waals surface area contributed by atoms with Gasteiger partial charge in [0.25, 0.3) is 5.91 Å². The van der Waals surface area contributed by atoms with Gasteiger partial charge in [-0.25, -0.2) is 0 Å². The molecule has 3 aromatic rings. The van der Waals surface area contributed by atoms with Crippen LogP contribution in [0.15, 0.2) is 84.4 Å². The Kier molecular flexibility index (Phi) is 6.23. The van der Waals surface area contributed by atoms with Crippen molar-refractivity contribution in [1.82, 2.24) is 0 Å². The van der Waals surface area contributed by atoms with Crippen LogP contribution in [-0.2, 0) is 4.79 Å². The van der Waals surface area contributed by atoms with Crippen molar-refractivity contribution in [3.63, 3.8) is 0 Å². The van der Waals surface area contributed by atoms with Crippen molar-refractivity contribution in [1.29, 1.82) is 5.26 Å². The van der Waals surface area contributed by atoms with Crippen molar-refractivity contribution in [3.8, 4) is 17.6 Å². The van der Waals surface area contributed by atoms with Gasteiger partial charge in [-0.15, -0.1) is 0 Å². The molecular formula is C22H15IN2O2. The monoisotopic (exact) mass is 466 g/mol. The molecule has 0 bridgehead atoms. The molecule has 5 heteroatoms. The smallest absolute Gasteiger partial charge is 0.266 e. The summed E-state index contributed by atoms with van der Waals surface area (Å²) in [7, 11) is 0. The summed E-state index contributed by atoms with van der Waals surface area (Å²) in [6, 6.07) is 26.0. The SMILES string of the molecule is N#C/C(=C/c1cccc(Oc2ccccc2)c1)C(=O)Nc1ccc(I)cc1. The Morgan fingerprint density at radius 1 is 0.963 bits per heavy atom. The lowest BCUT2D eigenvalue weighted by atomic mass is 10.1. The van der Waals surface area contributed by atoms with Gasteiger partial charge in [0.05, 0.1) is 0 Å². The summed E-state index contributed by atoms with van der Waals surface area (Å²) in [5.41, 5.74) is 1.37. The molecule has 0 aliphatic rings. The third-order valence-corrected chi connectivity index (χ3v) is 4.33. The molecule has 132 valence electrons. The number of anilines is 1. The first-order valence-electron chi connectivity index (χ1n) is 8.16. The molecule has 3 rings (SSSR count). The lowest BCUT2D eigenvalue weighted by molar-refractivity contribution is -0.112. The molecule has 0 atom stereocenters. The van der Waals surface area contributed by atoms with Gasteiger partial charge in [0.2, 0.25) is 0 Å². The Hall–Kier alpha value is -3.11. The van der Waals surface area contributed by atoms with Crippen LogP contribution >= 0.6 is 22.6 Å². The van der Waals surface area contributed by atoms with Crippen LogP contribution < -0.4 is 10.1 Å². The minimum Gasteiger partial charge on any atom is -0.457 e. The number of hydrogen-bond acceptors (Lipinski definition) is 3. The molecule has 0 aliphatic heterocycles. The van der Waals surface area contributed by atoms with Gasteiger partial charge in [-0.3, -0.25) is 4.79 Å². The number of carbonyl (C=O) groups is 1. The fourth-order valence-electron chi connectivity index (χ4n) is 2.34. The summed E-state index contributed by atoms with van der Waals surface area (Å²) >= 11 is 2.19. The quantitative estimate of drug-likeness (QED) is 0.301. The second kappa shape index (κ2) is 9.01. The second-order valence-corrected chi connectivity index (χ2v) is 6.86. The van der Waals surface area contributed by atoms with E-state index in [0.717, 1.165) is 9.32 Å². The number of rotatable bonds is 5. The molecule has 1 amide bonds. The van der Waals surface area contributed by atoms with E-state index in [2.05, 4.69) is 27.9 Å². The van der Waals surface area contributed by atoms with E-state index in [1.54, 1.807) is 24.3 Å². The normalized spacial score (nSPS) is 10.7. The third-order valence-electron chi connectivity index (χ3n) is 3.62. The van der Waals surface area contributed by atoms with Crippen LogP contribution in [0.5, 0.6) is 11.5 Å². The van der Waals surface area contributed by atoms with Crippen LogP contribution in [0.25, 0.3) is 6.08 Å². The molecule has 27 heavy (non-hydrogen) atoms. The molecule has 0 fully saturated rings. The molecule has 3 aromatic carbocycles. The van der Waals surface area contributed by atoms with Crippen molar-refractivity contribution in [2.75, 3.05) is 5.32 Å². The number of ether oxygens (including phenoxy) is 1. The Labute approximate surface area is 171 Å². The minimum atomic E-state index is -0.451. The highest BCUT2D eigenvalue weighted by atomic mass is 127. The number of benzene rings is 3. The average molecular weight is 466 g/mol. The summed E-state index contributed by atoms with van der Waals surface area (Å²) in [6.45, 7) is 0. The topological polar surface area (TPSA) is 62.1 Å². The molecular weight excluding hydrogens is 451 g/mol. The average Bonchev–Trinajstić information content (AvgIpc) is 2.69. The van der Waals surface area contributed by atoms with Crippen molar-refractivity contribution in [2.24, 2.45) is 0 Å². The highest BCUT2D eigenvalue weighted by Crippen LogP contribution is 2.23. The number of carbonyl (C=O) groups excluding carboxylic acids is 1. The molecule has 4 nitrogen and oxygen atoms in total. The van der Waals surface area contributed by atoms with E-state index in [4.69, 9.17) is 4.74 Å². The van der Waals surface area contributed by atoms with Crippen molar-refractivity contribution < 1.29 is 9.53 Å². The van der Waals surface area contributed by atoms with E-state index in [0.29, 0.717) is 17.0 Å². The zero-order chi connectivity index (χ0) is 19.1. The summed E-state index contributed by atoms with van der Waals surface area (Å²) in [4.78, 5) is 12.4. The number of amides is 1. The molecule has 0 aromatic heterocycles. The van der Waals surface area contributed by atoms with Gasteiger partial charge in [0.15, 0.2) is 0 Å². The number of halogens is 1. The zero-order valence-corrected chi connectivity index (χ0v) is 16.4. The highest BCUT2D eigenvalue weighted by Gasteiger charge is 2.10. The first-order valence-corrected chi connectivity index (χ1v) is 9.23. The lowest BCUT2D eigenvalue weighted by Gasteiger charge is -2.07. The van der Waals surface area contributed by atoms with Crippen LogP contribution in [-0.4, -0.2) is 5.91 Å². The van der Waals surface area contributed by atoms with Crippen LogP contribution in [0, 0.1) is 14.9 Å². The second-order valence-electron chi connectivity index (χ2n) is 5.62. The Balaban J connectivity index is 1.77. The van der Waals surface area contributed by atoms with E-state index in [1.165, 1.54) is 0 Å². The van der Waals surface area contributed by atoms with Crippen LogP contribution in [0.3, 0.4) is 0 Å². The fourth-order valence-corrected chi connectivity index (χ4v) is 2.70. The van der Waals surface area contributed by atoms with Gasteiger partial charge < -0.3 is 10.1 Å². The van der Waals surface area contributed by atoms with Gasteiger partial charge in [-0.2, -0.15) is 5.26 Å². The van der Waals surface area contributed by atoms with Crippen LogP contribution in [0.1, 0.15) is 5.56 Å². The largest absolute Gasteiger partial charge is 0.457 e. The number of nitrogens with zero attached hydrogens (tertiary/aromatic N) is 1. The number of nitrogens with one attached hydrogen (secondary N) is 1. The minimum absolute atomic E-state index is 0.0189. The first-order chi connectivity index (χ1) is 13.1. The molecule has 0 unspecified atom stereocenters. The molecule has 0 spiro atoms. The third kappa shape index (κ3) is 5.43. The van der Waals surface area contributed by atoms with Gasteiger partial charge in [-0.05, 0) is 82.8 Å².